The van der Waals surface area contributed by atoms with Crippen molar-refractivity contribution in [2.75, 3.05) is 38.2 Å². The van der Waals surface area contributed by atoms with E-state index in [9.17, 15) is 9.59 Å². The lowest BCUT2D eigenvalue weighted by Gasteiger charge is -2.27. The number of amides is 3. The van der Waals surface area contributed by atoms with Crippen molar-refractivity contribution in [1.82, 2.24) is 20.1 Å². The molecule has 0 saturated carbocycles. The van der Waals surface area contributed by atoms with Crippen molar-refractivity contribution in [2.45, 2.75) is 45.2 Å². The largest absolute Gasteiger partial charge is 0.378 e. The maximum absolute atomic E-state index is 13.5. The lowest BCUT2D eigenvalue weighted by molar-refractivity contribution is 0.0303. The number of carbonyl (C=O) groups excluding carboxylic acids is 2. The predicted molar refractivity (Wildman–Crippen MR) is 143 cm³/mol. The molecule has 5 heterocycles. The van der Waals surface area contributed by atoms with Crippen LogP contribution in [0, 0.1) is 0 Å². The number of carbonyl (C=O) groups is 2. The first-order valence-corrected chi connectivity index (χ1v) is 14.4. The molecule has 2 aliphatic heterocycles. The Labute approximate surface area is 218 Å². The van der Waals surface area contributed by atoms with Crippen molar-refractivity contribution in [1.29, 1.82) is 0 Å². The van der Waals surface area contributed by atoms with Crippen LogP contribution < -0.4 is 16.0 Å². The number of nitrogens with one attached hydrogen (secondary N) is 3. The summed E-state index contributed by atoms with van der Waals surface area (Å²) in [6, 6.07) is 3.77. The minimum atomic E-state index is -0.267. The van der Waals surface area contributed by atoms with E-state index >= 15 is 0 Å². The van der Waals surface area contributed by atoms with Gasteiger partial charge in [-0.3, -0.25) is 10.1 Å². The highest BCUT2D eigenvalue weighted by atomic mass is 32.1. The summed E-state index contributed by atoms with van der Waals surface area (Å²) in [7, 11) is 0. The van der Waals surface area contributed by atoms with E-state index in [-0.39, 0.29) is 11.9 Å². The molecule has 3 amide bonds. The molecule has 8 nitrogen and oxygen atoms in total. The third kappa shape index (κ3) is 4.58. The first-order chi connectivity index (χ1) is 17.7. The first-order valence-electron chi connectivity index (χ1n) is 12.7. The molecule has 3 aliphatic rings. The van der Waals surface area contributed by atoms with E-state index in [4.69, 9.17) is 4.74 Å². The van der Waals surface area contributed by atoms with E-state index in [2.05, 4.69) is 20.5 Å². The van der Waals surface area contributed by atoms with Gasteiger partial charge in [0.15, 0.2) is 0 Å². The van der Waals surface area contributed by atoms with Crippen molar-refractivity contribution in [3.8, 4) is 5.00 Å². The van der Waals surface area contributed by atoms with Gasteiger partial charge in [0.2, 0.25) is 0 Å². The number of anilines is 1. The van der Waals surface area contributed by atoms with Gasteiger partial charge in [-0.05, 0) is 61.9 Å². The summed E-state index contributed by atoms with van der Waals surface area (Å²) in [5.74, 6) is 0.0160. The van der Waals surface area contributed by atoms with Crippen LogP contribution in [-0.2, 0) is 37.1 Å². The van der Waals surface area contributed by atoms with Crippen molar-refractivity contribution < 1.29 is 14.3 Å². The van der Waals surface area contributed by atoms with Crippen LogP contribution in [0.2, 0.25) is 0 Å². The van der Waals surface area contributed by atoms with Gasteiger partial charge in [-0.15, -0.1) is 22.7 Å². The molecule has 3 aromatic rings. The Bertz CT molecular complexity index is 1260. The monoisotopic (exact) mass is 525 g/mol. The second-order valence-electron chi connectivity index (χ2n) is 9.43. The molecule has 3 aromatic heterocycles. The van der Waals surface area contributed by atoms with Crippen LogP contribution in [0.3, 0.4) is 0 Å². The van der Waals surface area contributed by atoms with Gasteiger partial charge in [0.1, 0.15) is 10.0 Å². The average molecular weight is 526 g/mol. The molecule has 0 spiro atoms. The van der Waals surface area contributed by atoms with Crippen LogP contribution in [0.5, 0.6) is 0 Å². The third-order valence-corrected chi connectivity index (χ3v) is 9.69. The Morgan fingerprint density at radius 1 is 1.00 bits per heavy atom. The quantitative estimate of drug-likeness (QED) is 0.471. The summed E-state index contributed by atoms with van der Waals surface area (Å²) in [5, 5.41) is 11.4. The molecule has 190 valence electrons. The van der Waals surface area contributed by atoms with Crippen LogP contribution in [0.15, 0.2) is 24.5 Å². The highest BCUT2D eigenvalue weighted by Crippen LogP contribution is 2.39. The smallest absolute Gasteiger partial charge is 0.320 e. The summed E-state index contributed by atoms with van der Waals surface area (Å²) < 4.78 is 7.57. The Hall–Kier alpha value is -2.66. The molecule has 1 saturated heterocycles. The van der Waals surface area contributed by atoms with Crippen LogP contribution in [0.25, 0.3) is 5.00 Å². The zero-order valence-corrected chi connectivity index (χ0v) is 21.9. The van der Waals surface area contributed by atoms with E-state index in [1.807, 2.05) is 29.4 Å². The van der Waals surface area contributed by atoms with Crippen LogP contribution in [-0.4, -0.2) is 54.3 Å². The Kier molecular flexibility index (Phi) is 6.83. The first kappa shape index (κ1) is 23.7. The van der Waals surface area contributed by atoms with Gasteiger partial charge in [-0.25, -0.2) is 4.79 Å². The number of aromatic nitrogens is 1. The summed E-state index contributed by atoms with van der Waals surface area (Å²) in [6.07, 6.45) is 9.14. The van der Waals surface area contributed by atoms with Gasteiger partial charge in [0, 0.05) is 53.9 Å². The number of hydrogen-bond acceptors (Lipinski definition) is 6. The molecule has 0 aromatic carbocycles. The average Bonchev–Trinajstić information content (AvgIpc) is 3.64. The van der Waals surface area contributed by atoms with Crippen molar-refractivity contribution in [3.05, 3.63) is 56.5 Å². The van der Waals surface area contributed by atoms with Crippen molar-refractivity contribution in [3.63, 3.8) is 0 Å². The SMILES string of the molecule is O=C(NCc1c(-n2cccc2)sc2c1CCNC2)Nc1sc2c(c1C(=O)N1CCOCC1)CCCC2. The van der Waals surface area contributed by atoms with Crippen molar-refractivity contribution >= 4 is 39.6 Å². The summed E-state index contributed by atoms with van der Waals surface area (Å²) in [5.41, 5.74) is 4.35. The number of rotatable bonds is 5. The zero-order valence-electron chi connectivity index (χ0n) is 20.2. The summed E-state index contributed by atoms with van der Waals surface area (Å²) in [4.78, 5) is 31.1. The van der Waals surface area contributed by atoms with E-state index in [1.165, 1.54) is 20.9 Å². The van der Waals surface area contributed by atoms with Crippen LogP contribution >= 0.6 is 22.7 Å². The minimum absolute atomic E-state index is 0.0160. The second kappa shape index (κ2) is 10.4. The highest BCUT2D eigenvalue weighted by Gasteiger charge is 2.30. The predicted octanol–water partition coefficient (Wildman–Crippen LogP) is 3.92. The van der Waals surface area contributed by atoms with Gasteiger partial charge in [-0.2, -0.15) is 0 Å². The number of morpholine rings is 1. The van der Waals surface area contributed by atoms with Gasteiger partial charge in [0.05, 0.1) is 18.8 Å². The van der Waals surface area contributed by atoms with Gasteiger partial charge < -0.3 is 24.8 Å². The maximum Gasteiger partial charge on any atom is 0.320 e. The number of thiophene rings is 2. The Balaban J connectivity index is 1.22. The molecule has 10 heteroatoms. The molecule has 1 fully saturated rings. The summed E-state index contributed by atoms with van der Waals surface area (Å²) in [6.45, 7) is 4.57. The number of ether oxygens (including phenoxy) is 1. The van der Waals surface area contributed by atoms with E-state index in [0.717, 1.165) is 55.8 Å². The van der Waals surface area contributed by atoms with Gasteiger partial charge in [-0.1, -0.05) is 0 Å². The highest BCUT2D eigenvalue weighted by molar-refractivity contribution is 7.17. The lowest BCUT2D eigenvalue weighted by Crippen LogP contribution is -2.41. The summed E-state index contributed by atoms with van der Waals surface area (Å²) >= 11 is 3.36. The standard InChI is InChI=1S/C26H31N5O3S2/c32-24(30-11-13-34-14-12-30)22-18-5-1-2-6-20(18)35-23(22)29-26(33)28-15-19-17-7-8-27-16-21(17)36-25(19)31-9-3-4-10-31/h3-4,9-10,27H,1-2,5-8,11-16H2,(H2,28,29,33). The number of aryl methyl sites for hydroxylation is 1. The molecule has 0 bridgehead atoms. The number of nitrogens with zero attached hydrogens (tertiary/aromatic N) is 2. The fourth-order valence-corrected chi connectivity index (χ4v) is 7.95. The number of fused-ring (bicyclic) bond motifs is 2. The molecule has 0 radical (unpaired) electrons. The van der Waals surface area contributed by atoms with Crippen LogP contribution in [0.4, 0.5) is 9.80 Å². The molecule has 1 aliphatic carbocycles. The lowest BCUT2D eigenvalue weighted by atomic mass is 9.95. The van der Waals surface area contributed by atoms with Gasteiger partial charge in [0.25, 0.3) is 5.91 Å². The number of hydrogen-bond donors (Lipinski definition) is 3. The molecule has 0 unspecified atom stereocenters. The van der Waals surface area contributed by atoms with E-state index < -0.39 is 0 Å². The maximum atomic E-state index is 13.5. The molecule has 0 atom stereocenters. The molecular weight excluding hydrogens is 494 g/mol. The van der Waals surface area contributed by atoms with Crippen LogP contribution in [0.1, 0.15) is 49.6 Å². The Morgan fingerprint density at radius 3 is 2.64 bits per heavy atom. The van der Waals surface area contributed by atoms with E-state index in [0.29, 0.717) is 43.4 Å². The Morgan fingerprint density at radius 2 is 1.81 bits per heavy atom. The fraction of sp³-hybridized carbons (Fsp3) is 0.462. The normalized spacial score (nSPS) is 17.4. The molecular formula is C26H31N5O3S2. The topological polar surface area (TPSA) is 87.6 Å². The fourth-order valence-electron chi connectivity index (χ4n) is 5.37. The zero-order chi connectivity index (χ0) is 24.5. The number of urea groups is 1. The van der Waals surface area contributed by atoms with Gasteiger partial charge >= 0.3 is 6.03 Å². The molecule has 6 rings (SSSR count). The van der Waals surface area contributed by atoms with Crippen molar-refractivity contribution in [2.24, 2.45) is 0 Å². The second-order valence-corrected chi connectivity index (χ2v) is 11.6. The third-order valence-electron chi connectivity index (χ3n) is 7.19. The minimum Gasteiger partial charge on any atom is -0.378 e. The van der Waals surface area contributed by atoms with E-state index in [1.54, 1.807) is 22.7 Å². The molecule has 36 heavy (non-hydrogen) atoms. The molecule has 3 N–H and O–H groups in total.